The first-order chi connectivity index (χ1) is 16.2. The first kappa shape index (κ1) is 20.9. The Balaban J connectivity index is 1.36. The predicted octanol–water partition coefficient (Wildman–Crippen LogP) is 5.47. The summed E-state index contributed by atoms with van der Waals surface area (Å²) in [4.78, 5) is 25.0. The lowest BCUT2D eigenvalue weighted by molar-refractivity contribution is 0.0729. The van der Waals surface area contributed by atoms with Crippen LogP contribution in [0.1, 0.15) is 26.4 Å². The molecule has 5 rings (SSSR count). The molecule has 1 aliphatic rings. The highest BCUT2D eigenvalue weighted by Crippen LogP contribution is 2.33. The van der Waals surface area contributed by atoms with E-state index < -0.39 is 0 Å². The van der Waals surface area contributed by atoms with E-state index in [2.05, 4.69) is 9.98 Å². The van der Waals surface area contributed by atoms with Gasteiger partial charge < -0.3 is 14.4 Å². The molecule has 1 aliphatic heterocycles. The number of carbonyl (C=O) groups excluding carboxylic acids is 1. The monoisotopic (exact) mass is 455 g/mol. The standard InChI is InChI=1S/C26H21N3O3S/c30-26(21-6-8-22(9-7-21)28-15-23-4-2-12-33-23)29(17-20-3-1-11-27-14-20)16-19-5-10-24-25(13-19)32-18-31-24/h1-15H,16-18H2. The van der Waals surface area contributed by atoms with Crippen molar-refractivity contribution in [1.29, 1.82) is 0 Å². The van der Waals surface area contributed by atoms with Gasteiger partial charge in [0.2, 0.25) is 6.79 Å². The quantitative estimate of drug-likeness (QED) is 0.347. The summed E-state index contributed by atoms with van der Waals surface area (Å²) in [6, 6.07) is 21.0. The molecule has 0 radical (unpaired) electrons. The van der Waals surface area contributed by atoms with E-state index in [1.165, 1.54) is 0 Å². The predicted molar refractivity (Wildman–Crippen MR) is 128 cm³/mol. The summed E-state index contributed by atoms with van der Waals surface area (Å²) < 4.78 is 10.9. The van der Waals surface area contributed by atoms with Crippen LogP contribution in [0, 0.1) is 0 Å². The Kier molecular flexibility index (Phi) is 6.12. The van der Waals surface area contributed by atoms with Crippen molar-refractivity contribution in [3.63, 3.8) is 0 Å². The maximum atomic E-state index is 13.5. The number of carbonyl (C=O) groups is 1. The van der Waals surface area contributed by atoms with Crippen molar-refractivity contribution in [3.8, 4) is 11.5 Å². The van der Waals surface area contributed by atoms with Crippen molar-refractivity contribution >= 4 is 29.1 Å². The molecule has 3 heterocycles. The van der Waals surface area contributed by atoms with Crippen molar-refractivity contribution in [2.75, 3.05) is 6.79 Å². The Labute approximate surface area is 195 Å². The molecular formula is C26H21N3O3S. The molecule has 0 N–H and O–H groups in total. The third kappa shape index (κ3) is 5.10. The van der Waals surface area contributed by atoms with Gasteiger partial charge >= 0.3 is 0 Å². The van der Waals surface area contributed by atoms with E-state index in [-0.39, 0.29) is 12.7 Å². The lowest BCUT2D eigenvalue weighted by Gasteiger charge is -2.23. The van der Waals surface area contributed by atoms with Gasteiger partial charge in [-0.15, -0.1) is 11.3 Å². The average Bonchev–Trinajstić information content (AvgIpc) is 3.55. The van der Waals surface area contributed by atoms with Crippen molar-refractivity contribution < 1.29 is 14.3 Å². The largest absolute Gasteiger partial charge is 0.454 e. The van der Waals surface area contributed by atoms with Gasteiger partial charge in [-0.2, -0.15) is 0 Å². The topological polar surface area (TPSA) is 64.0 Å². The fraction of sp³-hybridized carbons (Fsp3) is 0.115. The zero-order chi connectivity index (χ0) is 22.5. The van der Waals surface area contributed by atoms with Crippen LogP contribution in [-0.4, -0.2) is 28.8 Å². The van der Waals surface area contributed by atoms with E-state index >= 15 is 0 Å². The molecule has 0 bridgehead atoms. The van der Waals surface area contributed by atoms with Crippen molar-refractivity contribution in [1.82, 2.24) is 9.88 Å². The minimum absolute atomic E-state index is 0.0645. The van der Waals surface area contributed by atoms with E-state index in [1.807, 2.05) is 78.3 Å². The van der Waals surface area contributed by atoms with Crippen LogP contribution in [0.3, 0.4) is 0 Å². The molecule has 2 aromatic carbocycles. The summed E-state index contributed by atoms with van der Waals surface area (Å²) in [6.07, 6.45) is 5.33. The first-order valence-electron chi connectivity index (χ1n) is 10.5. The summed E-state index contributed by atoms with van der Waals surface area (Å²) in [5, 5.41) is 2.01. The molecule has 6 nitrogen and oxygen atoms in total. The normalized spacial score (nSPS) is 12.2. The van der Waals surface area contributed by atoms with Crippen LogP contribution in [-0.2, 0) is 13.1 Å². The fourth-order valence-corrected chi connectivity index (χ4v) is 4.13. The van der Waals surface area contributed by atoms with Gasteiger partial charge in [-0.25, -0.2) is 0 Å². The van der Waals surface area contributed by atoms with Crippen LogP contribution in [0.15, 0.2) is 89.5 Å². The summed E-state index contributed by atoms with van der Waals surface area (Å²) in [5.74, 6) is 1.36. The number of rotatable bonds is 7. The van der Waals surface area contributed by atoms with Crippen molar-refractivity contribution in [2.45, 2.75) is 13.1 Å². The third-order valence-corrected chi connectivity index (χ3v) is 6.00. The number of aromatic nitrogens is 1. The van der Waals surface area contributed by atoms with E-state index in [0.29, 0.717) is 24.4 Å². The molecular weight excluding hydrogens is 434 g/mol. The van der Waals surface area contributed by atoms with Gasteiger partial charge in [0.1, 0.15) is 0 Å². The van der Waals surface area contributed by atoms with E-state index in [1.54, 1.807) is 28.6 Å². The zero-order valence-corrected chi connectivity index (χ0v) is 18.6. The Morgan fingerprint density at radius 3 is 2.64 bits per heavy atom. The number of benzene rings is 2. The molecule has 7 heteroatoms. The highest BCUT2D eigenvalue weighted by atomic mass is 32.1. The molecule has 0 saturated carbocycles. The molecule has 33 heavy (non-hydrogen) atoms. The van der Waals surface area contributed by atoms with E-state index in [4.69, 9.17) is 9.47 Å². The van der Waals surface area contributed by atoms with Crippen LogP contribution < -0.4 is 9.47 Å². The van der Waals surface area contributed by atoms with Gasteiger partial charge in [0.25, 0.3) is 5.91 Å². The number of aliphatic imine (C=N–C) groups is 1. The minimum atomic E-state index is -0.0645. The molecule has 2 aromatic heterocycles. The molecule has 0 saturated heterocycles. The van der Waals surface area contributed by atoms with Crippen molar-refractivity contribution in [2.24, 2.45) is 4.99 Å². The van der Waals surface area contributed by atoms with Crippen LogP contribution in [0.4, 0.5) is 5.69 Å². The van der Waals surface area contributed by atoms with E-state index in [9.17, 15) is 4.79 Å². The Bertz CT molecular complexity index is 1260. The highest BCUT2D eigenvalue weighted by Gasteiger charge is 2.19. The molecule has 164 valence electrons. The summed E-state index contributed by atoms with van der Waals surface area (Å²) in [7, 11) is 0. The smallest absolute Gasteiger partial charge is 0.254 e. The van der Waals surface area contributed by atoms with Gasteiger partial charge in [0.15, 0.2) is 11.5 Å². The number of amides is 1. The maximum Gasteiger partial charge on any atom is 0.254 e. The van der Waals surface area contributed by atoms with Gasteiger partial charge in [-0.05, 0) is 65.0 Å². The zero-order valence-electron chi connectivity index (χ0n) is 17.8. The number of nitrogens with zero attached hydrogens (tertiary/aromatic N) is 3. The molecule has 1 amide bonds. The lowest BCUT2D eigenvalue weighted by Crippen LogP contribution is -2.30. The van der Waals surface area contributed by atoms with Gasteiger partial charge in [0.05, 0.1) is 5.69 Å². The summed E-state index contributed by atoms with van der Waals surface area (Å²) >= 11 is 1.63. The molecule has 0 atom stereocenters. The summed E-state index contributed by atoms with van der Waals surface area (Å²) in [6.45, 7) is 1.10. The van der Waals surface area contributed by atoms with Crippen LogP contribution in [0.25, 0.3) is 0 Å². The molecule has 4 aromatic rings. The first-order valence-corrected chi connectivity index (χ1v) is 11.4. The average molecular weight is 456 g/mol. The molecule has 0 fully saturated rings. The molecule has 0 aliphatic carbocycles. The van der Waals surface area contributed by atoms with Crippen molar-refractivity contribution in [3.05, 3.63) is 106 Å². The Morgan fingerprint density at radius 2 is 1.85 bits per heavy atom. The second-order valence-corrected chi connectivity index (χ2v) is 8.51. The van der Waals surface area contributed by atoms with Gasteiger partial charge in [-0.3, -0.25) is 14.8 Å². The number of hydrogen-bond acceptors (Lipinski definition) is 6. The SMILES string of the molecule is O=C(c1ccc(N=Cc2cccs2)cc1)N(Cc1cccnc1)Cc1ccc2c(c1)OCO2. The lowest BCUT2D eigenvalue weighted by atomic mass is 10.1. The van der Waals surface area contributed by atoms with E-state index in [0.717, 1.165) is 27.4 Å². The fourth-order valence-electron chi connectivity index (χ4n) is 3.55. The number of pyridine rings is 1. The maximum absolute atomic E-state index is 13.5. The second kappa shape index (κ2) is 9.67. The van der Waals surface area contributed by atoms with Crippen LogP contribution in [0.2, 0.25) is 0 Å². The highest BCUT2D eigenvalue weighted by molar-refractivity contribution is 7.11. The number of hydrogen-bond donors (Lipinski definition) is 0. The minimum Gasteiger partial charge on any atom is -0.454 e. The van der Waals surface area contributed by atoms with Gasteiger partial charge in [-0.1, -0.05) is 18.2 Å². The molecule has 0 spiro atoms. The molecule has 0 unspecified atom stereocenters. The number of ether oxygens (including phenoxy) is 2. The third-order valence-electron chi connectivity index (χ3n) is 5.19. The van der Waals surface area contributed by atoms with Gasteiger partial charge in [0, 0.05) is 42.1 Å². The number of fused-ring (bicyclic) bond motifs is 1. The Morgan fingerprint density at radius 1 is 1.00 bits per heavy atom. The Hall–Kier alpha value is -3.97. The van der Waals surface area contributed by atoms with Crippen LogP contribution in [0.5, 0.6) is 11.5 Å². The van der Waals surface area contributed by atoms with Crippen LogP contribution >= 0.6 is 11.3 Å². The summed E-state index contributed by atoms with van der Waals surface area (Å²) in [5.41, 5.74) is 3.33. The second-order valence-electron chi connectivity index (χ2n) is 7.53. The number of thiophene rings is 1.